The quantitative estimate of drug-likeness (QED) is 0.816. The predicted molar refractivity (Wildman–Crippen MR) is 104 cm³/mol. The topological polar surface area (TPSA) is 61.8 Å². The van der Waals surface area contributed by atoms with Crippen LogP contribution in [0.1, 0.15) is 33.0 Å². The minimum Gasteiger partial charge on any atom is -0.496 e. The molecular weight excluding hydrogens is 348 g/mol. The summed E-state index contributed by atoms with van der Waals surface area (Å²) in [5.41, 5.74) is 0.0180. The van der Waals surface area contributed by atoms with E-state index in [4.69, 9.17) is 4.74 Å². The molecule has 0 atom stereocenters. The molecule has 5 nitrogen and oxygen atoms in total. The summed E-state index contributed by atoms with van der Waals surface area (Å²) in [6, 6.07) is 11.5. The summed E-state index contributed by atoms with van der Waals surface area (Å²) < 4.78 is 5.41. The first-order valence-electron chi connectivity index (χ1n) is 8.95. The van der Waals surface area contributed by atoms with Crippen molar-refractivity contribution in [2.75, 3.05) is 33.3 Å². The zero-order chi connectivity index (χ0) is 18.6. The second kappa shape index (κ2) is 8.20. The van der Waals surface area contributed by atoms with Gasteiger partial charge in [-0.3, -0.25) is 4.79 Å². The largest absolute Gasteiger partial charge is 0.496 e. The zero-order valence-corrected chi connectivity index (χ0v) is 16.1. The fourth-order valence-corrected chi connectivity index (χ4v) is 4.20. The lowest BCUT2D eigenvalue weighted by atomic mass is 9.84. The lowest BCUT2D eigenvalue weighted by Gasteiger charge is -2.39. The van der Waals surface area contributed by atoms with E-state index in [1.807, 2.05) is 43.3 Å². The molecule has 0 unspecified atom stereocenters. The van der Waals surface area contributed by atoms with Gasteiger partial charge in [0.25, 0.3) is 5.91 Å². The van der Waals surface area contributed by atoms with Crippen LogP contribution in [-0.2, 0) is 5.60 Å². The lowest BCUT2D eigenvalue weighted by Crippen LogP contribution is -2.45. The van der Waals surface area contributed by atoms with Gasteiger partial charge in [-0.1, -0.05) is 18.2 Å². The second-order valence-corrected chi connectivity index (χ2v) is 8.03. The third kappa shape index (κ3) is 4.26. The molecule has 1 fully saturated rings. The van der Waals surface area contributed by atoms with Crippen molar-refractivity contribution in [3.8, 4) is 5.75 Å². The summed E-state index contributed by atoms with van der Waals surface area (Å²) in [5, 5.41) is 14.0. The Balaban J connectivity index is 1.48. The number of methoxy groups -OCH3 is 1. The van der Waals surface area contributed by atoms with Crippen LogP contribution in [0.15, 0.2) is 36.4 Å². The van der Waals surface area contributed by atoms with Gasteiger partial charge in [-0.25, -0.2) is 0 Å². The van der Waals surface area contributed by atoms with Crippen molar-refractivity contribution in [1.29, 1.82) is 0 Å². The molecule has 1 aromatic carbocycles. The third-order valence-electron chi connectivity index (χ3n) is 4.97. The molecule has 26 heavy (non-hydrogen) atoms. The Kier molecular flexibility index (Phi) is 5.96. The third-order valence-corrected chi connectivity index (χ3v) is 5.97. The van der Waals surface area contributed by atoms with Crippen molar-refractivity contribution in [2.24, 2.45) is 0 Å². The van der Waals surface area contributed by atoms with Gasteiger partial charge < -0.3 is 20.1 Å². The molecule has 1 aliphatic rings. The van der Waals surface area contributed by atoms with E-state index < -0.39 is 5.60 Å². The Morgan fingerprint density at radius 1 is 1.27 bits per heavy atom. The van der Waals surface area contributed by atoms with Gasteiger partial charge in [0.05, 0.1) is 17.6 Å². The number of ether oxygens (including phenoxy) is 1. The average Bonchev–Trinajstić information content (AvgIpc) is 3.10. The summed E-state index contributed by atoms with van der Waals surface area (Å²) in [6.45, 7) is 4.99. The van der Waals surface area contributed by atoms with Crippen LogP contribution in [0.4, 0.5) is 0 Å². The number of piperidine rings is 1. The number of nitrogens with one attached hydrogen (secondary N) is 1. The van der Waals surface area contributed by atoms with Crippen molar-refractivity contribution in [2.45, 2.75) is 25.4 Å². The van der Waals surface area contributed by atoms with Gasteiger partial charge in [-0.05, 0) is 38.0 Å². The standard InChI is InChI=1S/C20H26N2O3S/c1-15-7-8-18(26-15)19(23)21-11-14-22-12-9-20(24,10-13-22)16-5-3-4-6-17(16)25-2/h3-8,24H,9-14H2,1-2H3,(H,21,23). The van der Waals surface area contributed by atoms with Gasteiger partial charge in [0.1, 0.15) is 5.75 Å². The maximum Gasteiger partial charge on any atom is 0.261 e. The maximum absolute atomic E-state index is 12.1. The van der Waals surface area contributed by atoms with E-state index in [0.29, 0.717) is 19.4 Å². The summed E-state index contributed by atoms with van der Waals surface area (Å²) in [6.07, 6.45) is 1.32. The van der Waals surface area contributed by atoms with Crippen LogP contribution >= 0.6 is 11.3 Å². The summed E-state index contributed by atoms with van der Waals surface area (Å²) >= 11 is 1.51. The SMILES string of the molecule is COc1ccccc1C1(O)CCN(CCNC(=O)c2ccc(C)s2)CC1. The number of hydrogen-bond donors (Lipinski definition) is 2. The molecule has 0 aliphatic carbocycles. The van der Waals surface area contributed by atoms with E-state index in [1.54, 1.807) is 7.11 Å². The number of thiophene rings is 1. The first kappa shape index (κ1) is 18.9. The highest BCUT2D eigenvalue weighted by atomic mass is 32.1. The van der Waals surface area contributed by atoms with Gasteiger partial charge >= 0.3 is 0 Å². The number of para-hydroxylation sites is 1. The highest BCUT2D eigenvalue weighted by molar-refractivity contribution is 7.13. The minimum atomic E-state index is -0.846. The van der Waals surface area contributed by atoms with Gasteiger partial charge in [0.2, 0.25) is 0 Å². The van der Waals surface area contributed by atoms with Gasteiger partial charge in [0.15, 0.2) is 0 Å². The van der Waals surface area contributed by atoms with Crippen LogP contribution in [-0.4, -0.2) is 49.2 Å². The highest BCUT2D eigenvalue weighted by Crippen LogP contribution is 2.37. The maximum atomic E-state index is 12.1. The number of aryl methyl sites for hydroxylation is 1. The Morgan fingerprint density at radius 3 is 2.65 bits per heavy atom. The van der Waals surface area contributed by atoms with Crippen molar-refractivity contribution < 1.29 is 14.6 Å². The Morgan fingerprint density at radius 2 is 2.00 bits per heavy atom. The molecule has 140 valence electrons. The number of hydrogen-bond acceptors (Lipinski definition) is 5. The molecule has 1 aliphatic heterocycles. The number of likely N-dealkylation sites (tertiary alicyclic amines) is 1. The van der Waals surface area contributed by atoms with E-state index in [9.17, 15) is 9.90 Å². The number of benzene rings is 1. The molecular formula is C20H26N2O3S. The molecule has 2 aromatic rings. The van der Waals surface area contributed by atoms with Crippen molar-refractivity contribution >= 4 is 17.2 Å². The van der Waals surface area contributed by atoms with Gasteiger partial charge in [-0.15, -0.1) is 11.3 Å². The van der Waals surface area contributed by atoms with Crippen LogP contribution < -0.4 is 10.1 Å². The number of amides is 1. The molecule has 3 rings (SSSR count). The van der Waals surface area contributed by atoms with E-state index in [1.165, 1.54) is 11.3 Å². The molecule has 2 heterocycles. The minimum absolute atomic E-state index is 0.00867. The Bertz CT molecular complexity index is 751. The molecule has 0 saturated carbocycles. The van der Waals surface area contributed by atoms with Crippen molar-refractivity contribution in [3.05, 3.63) is 51.7 Å². The Hall–Kier alpha value is -1.89. The van der Waals surface area contributed by atoms with Gasteiger partial charge in [0, 0.05) is 36.6 Å². The van der Waals surface area contributed by atoms with Crippen LogP contribution in [0, 0.1) is 6.92 Å². The molecule has 6 heteroatoms. The Labute approximate surface area is 158 Å². The summed E-state index contributed by atoms with van der Waals surface area (Å²) in [7, 11) is 1.63. The van der Waals surface area contributed by atoms with E-state index >= 15 is 0 Å². The van der Waals surface area contributed by atoms with Crippen LogP contribution in [0.2, 0.25) is 0 Å². The summed E-state index contributed by atoms with van der Waals surface area (Å²) in [5.74, 6) is 0.729. The van der Waals surface area contributed by atoms with Crippen LogP contribution in [0.3, 0.4) is 0 Å². The first-order valence-corrected chi connectivity index (χ1v) is 9.76. The molecule has 0 radical (unpaired) electrons. The monoisotopic (exact) mass is 374 g/mol. The predicted octanol–water partition coefficient (Wildman–Crippen LogP) is 2.78. The fraction of sp³-hybridized carbons (Fsp3) is 0.450. The highest BCUT2D eigenvalue weighted by Gasteiger charge is 2.35. The van der Waals surface area contributed by atoms with E-state index in [2.05, 4.69) is 10.2 Å². The normalized spacial score (nSPS) is 17.0. The smallest absolute Gasteiger partial charge is 0.261 e. The van der Waals surface area contributed by atoms with Crippen molar-refractivity contribution in [1.82, 2.24) is 10.2 Å². The summed E-state index contributed by atoms with van der Waals surface area (Å²) in [4.78, 5) is 16.3. The second-order valence-electron chi connectivity index (χ2n) is 6.74. The number of carbonyl (C=O) groups excluding carboxylic acids is 1. The number of carbonyl (C=O) groups is 1. The van der Waals surface area contributed by atoms with Crippen LogP contribution in [0.5, 0.6) is 5.75 Å². The zero-order valence-electron chi connectivity index (χ0n) is 15.3. The fourth-order valence-electron chi connectivity index (χ4n) is 3.42. The lowest BCUT2D eigenvalue weighted by molar-refractivity contribution is -0.0270. The number of aliphatic hydroxyl groups is 1. The van der Waals surface area contributed by atoms with E-state index in [-0.39, 0.29) is 5.91 Å². The molecule has 0 spiro atoms. The van der Waals surface area contributed by atoms with Gasteiger partial charge in [-0.2, -0.15) is 0 Å². The molecule has 1 amide bonds. The van der Waals surface area contributed by atoms with Crippen molar-refractivity contribution in [3.63, 3.8) is 0 Å². The first-order chi connectivity index (χ1) is 12.5. The van der Waals surface area contributed by atoms with Crippen LogP contribution in [0.25, 0.3) is 0 Å². The number of nitrogens with zero attached hydrogens (tertiary/aromatic N) is 1. The molecule has 1 aromatic heterocycles. The number of rotatable bonds is 6. The molecule has 2 N–H and O–H groups in total. The molecule has 0 bridgehead atoms. The van der Waals surface area contributed by atoms with E-state index in [0.717, 1.165) is 40.7 Å². The molecule has 1 saturated heterocycles. The average molecular weight is 375 g/mol.